The van der Waals surface area contributed by atoms with Gasteiger partial charge in [0.1, 0.15) is 17.7 Å². The van der Waals surface area contributed by atoms with E-state index in [1.807, 2.05) is 24.2 Å². The number of amides is 1. The topological polar surface area (TPSA) is 73.4 Å². The maximum atomic E-state index is 12.6. The van der Waals surface area contributed by atoms with E-state index in [1.54, 1.807) is 6.08 Å². The Hall–Kier alpha value is -3.58. The first-order chi connectivity index (χ1) is 21.0. The normalized spacial score (nSPS) is 21.4. The van der Waals surface area contributed by atoms with E-state index >= 15 is 0 Å². The molecule has 9 heteroatoms. The number of anilines is 3. The number of terminal acetylenes is 1. The van der Waals surface area contributed by atoms with Crippen molar-refractivity contribution in [1.29, 1.82) is 0 Å². The van der Waals surface area contributed by atoms with Crippen molar-refractivity contribution in [2.24, 2.45) is 0 Å². The molecule has 1 aromatic heterocycles. The first-order valence-electron chi connectivity index (χ1n) is 15.7. The lowest BCUT2D eigenvalue weighted by Crippen LogP contribution is -2.61. The maximum absolute atomic E-state index is 12.6. The molecule has 43 heavy (non-hydrogen) atoms. The standard InChI is InChI=1S/C34H44N6O3/c1-4-5-14-37(3)15-6-7-32(41)40-23-28(24-40)38-16-11-26(12-17-38)27-8-9-31-29(22-27)36-34-33(25(2)43-31)30(10-13-35-34)39-18-20-42-21-19-39/h1,6-10,13,22,25-26,28H,5,11-12,14-21,23-24H2,2-3H3,(H,35,36)/b7-6+. The molecule has 0 spiro atoms. The minimum Gasteiger partial charge on any atom is -0.484 e. The highest BCUT2D eigenvalue weighted by molar-refractivity contribution is 5.88. The number of nitrogens with zero attached hydrogens (tertiary/aromatic N) is 5. The Labute approximate surface area is 255 Å². The van der Waals surface area contributed by atoms with E-state index in [1.165, 1.54) is 11.3 Å². The second-order valence-corrected chi connectivity index (χ2v) is 12.2. The second-order valence-electron chi connectivity index (χ2n) is 12.2. The van der Waals surface area contributed by atoms with E-state index in [2.05, 4.69) is 57.1 Å². The lowest BCUT2D eigenvalue weighted by atomic mass is 9.88. The Balaban J connectivity index is 1.03. The monoisotopic (exact) mass is 584 g/mol. The Morgan fingerprint density at radius 1 is 1.19 bits per heavy atom. The molecule has 3 fully saturated rings. The van der Waals surface area contributed by atoms with Gasteiger partial charge in [0.05, 0.1) is 24.5 Å². The predicted molar refractivity (Wildman–Crippen MR) is 170 cm³/mol. The van der Waals surface area contributed by atoms with E-state index < -0.39 is 0 Å². The summed E-state index contributed by atoms with van der Waals surface area (Å²) in [6, 6.07) is 9.18. The summed E-state index contributed by atoms with van der Waals surface area (Å²) in [5.41, 5.74) is 4.61. The third-order valence-electron chi connectivity index (χ3n) is 9.29. The van der Waals surface area contributed by atoms with Crippen molar-refractivity contribution in [2.75, 3.05) is 82.8 Å². The zero-order valence-corrected chi connectivity index (χ0v) is 25.5. The molecule has 2 aromatic rings. The number of nitrogens with one attached hydrogen (secondary N) is 1. The van der Waals surface area contributed by atoms with Crippen LogP contribution in [0.2, 0.25) is 0 Å². The Morgan fingerprint density at radius 2 is 1.98 bits per heavy atom. The highest BCUT2D eigenvalue weighted by Gasteiger charge is 2.36. The van der Waals surface area contributed by atoms with Crippen molar-refractivity contribution < 1.29 is 14.3 Å². The van der Waals surface area contributed by atoms with Crippen molar-refractivity contribution in [3.63, 3.8) is 0 Å². The van der Waals surface area contributed by atoms with E-state index in [9.17, 15) is 4.79 Å². The van der Waals surface area contributed by atoms with Gasteiger partial charge in [-0.25, -0.2) is 4.98 Å². The number of hydrogen-bond donors (Lipinski definition) is 1. The molecule has 1 amide bonds. The summed E-state index contributed by atoms with van der Waals surface area (Å²) >= 11 is 0. The van der Waals surface area contributed by atoms with E-state index in [0.29, 0.717) is 12.0 Å². The fourth-order valence-corrected chi connectivity index (χ4v) is 6.67. The van der Waals surface area contributed by atoms with Gasteiger partial charge in [-0.3, -0.25) is 9.69 Å². The van der Waals surface area contributed by atoms with Crippen LogP contribution in [0, 0.1) is 12.3 Å². The molecule has 0 bridgehead atoms. The molecule has 1 atom stereocenters. The van der Waals surface area contributed by atoms with Crippen molar-refractivity contribution in [3.05, 3.63) is 53.7 Å². The number of carbonyl (C=O) groups is 1. The van der Waals surface area contributed by atoms with Gasteiger partial charge in [-0.2, -0.15) is 0 Å². The molecule has 0 radical (unpaired) electrons. The summed E-state index contributed by atoms with van der Waals surface area (Å²) in [5.74, 6) is 5.01. The van der Waals surface area contributed by atoms with Crippen LogP contribution in [-0.2, 0) is 9.53 Å². The molecular weight excluding hydrogens is 540 g/mol. The molecule has 0 saturated carbocycles. The average Bonchev–Trinajstić information content (AvgIpc) is 3.15. The summed E-state index contributed by atoms with van der Waals surface area (Å²) < 4.78 is 12.1. The molecule has 6 rings (SSSR count). The summed E-state index contributed by atoms with van der Waals surface area (Å²) in [7, 11) is 2.02. The molecule has 4 aliphatic heterocycles. The zero-order chi connectivity index (χ0) is 29.8. The van der Waals surface area contributed by atoms with Crippen LogP contribution >= 0.6 is 0 Å². The number of piperidine rings is 1. The van der Waals surface area contributed by atoms with Gasteiger partial charge in [-0.15, -0.1) is 12.3 Å². The van der Waals surface area contributed by atoms with Crippen LogP contribution < -0.4 is 15.0 Å². The Kier molecular flexibility index (Phi) is 9.17. The van der Waals surface area contributed by atoms with Crippen LogP contribution in [0.15, 0.2) is 42.6 Å². The van der Waals surface area contributed by atoms with E-state index in [0.717, 1.165) is 108 Å². The van der Waals surface area contributed by atoms with Crippen LogP contribution in [-0.4, -0.2) is 104 Å². The Morgan fingerprint density at radius 3 is 2.74 bits per heavy atom. The lowest BCUT2D eigenvalue weighted by molar-refractivity contribution is -0.133. The molecule has 1 aromatic carbocycles. The first kappa shape index (κ1) is 29.5. The van der Waals surface area contributed by atoms with Crippen LogP contribution in [0.1, 0.15) is 49.3 Å². The molecule has 228 valence electrons. The predicted octanol–water partition coefficient (Wildman–Crippen LogP) is 4.02. The highest BCUT2D eigenvalue weighted by atomic mass is 16.5. The van der Waals surface area contributed by atoms with Gasteiger partial charge in [-0.1, -0.05) is 12.1 Å². The molecule has 4 aliphatic rings. The van der Waals surface area contributed by atoms with Crippen molar-refractivity contribution in [1.82, 2.24) is 19.7 Å². The molecule has 9 nitrogen and oxygen atoms in total. The minimum atomic E-state index is -0.117. The van der Waals surface area contributed by atoms with Crippen LogP contribution in [0.25, 0.3) is 0 Å². The zero-order valence-electron chi connectivity index (χ0n) is 25.5. The van der Waals surface area contributed by atoms with Gasteiger partial charge >= 0.3 is 0 Å². The van der Waals surface area contributed by atoms with Gasteiger partial charge in [0, 0.05) is 69.7 Å². The number of aromatic nitrogens is 1. The minimum absolute atomic E-state index is 0.110. The summed E-state index contributed by atoms with van der Waals surface area (Å²) in [6.07, 6.45) is 13.7. The largest absolute Gasteiger partial charge is 0.484 e. The van der Waals surface area contributed by atoms with Crippen molar-refractivity contribution in [3.8, 4) is 18.1 Å². The van der Waals surface area contributed by atoms with Gasteiger partial charge in [-0.05, 0) is 69.6 Å². The maximum Gasteiger partial charge on any atom is 0.246 e. The Bertz CT molecular complexity index is 1350. The molecule has 1 N–H and O–H groups in total. The van der Waals surface area contributed by atoms with Gasteiger partial charge in [0.25, 0.3) is 0 Å². The van der Waals surface area contributed by atoms with Gasteiger partial charge < -0.3 is 29.5 Å². The number of hydrogen-bond acceptors (Lipinski definition) is 8. The fourth-order valence-electron chi connectivity index (χ4n) is 6.67. The smallest absolute Gasteiger partial charge is 0.246 e. The van der Waals surface area contributed by atoms with Gasteiger partial charge in [0.15, 0.2) is 0 Å². The summed E-state index contributed by atoms with van der Waals surface area (Å²) in [5, 5.41) is 3.62. The second kappa shape index (κ2) is 13.4. The number of fused-ring (bicyclic) bond motifs is 2. The van der Waals surface area contributed by atoms with Crippen molar-refractivity contribution >= 4 is 23.1 Å². The molecule has 0 aliphatic carbocycles. The summed E-state index contributed by atoms with van der Waals surface area (Å²) in [6.45, 7) is 10.7. The lowest BCUT2D eigenvalue weighted by Gasteiger charge is -2.47. The average molecular weight is 585 g/mol. The van der Waals surface area contributed by atoms with Crippen molar-refractivity contribution in [2.45, 2.75) is 44.2 Å². The van der Waals surface area contributed by atoms with E-state index in [4.69, 9.17) is 20.9 Å². The number of carbonyl (C=O) groups excluding carboxylic acids is 1. The number of likely N-dealkylation sites (N-methyl/N-ethyl adjacent to an activating group) is 1. The third-order valence-corrected chi connectivity index (χ3v) is 9.29. The molecule has 3 saturated heterocycles. The number of likely N-dealkylation sites (tertiary alicyclic amines) is 2. The molecule has 1 unspecified atom stereocenters. The fraction of sp³-hybridized carbons (Fsp3) is 0.529. The molecular formula is C34H44N6O3. The number of benzene rings is 1. The van der Waals surface area contributed by atoms with E-state index in [-0.39, 0.29) is 12.0 Å². The third kappa shape index (κ3) is 6.67. The quantitative estimate of drug-likeness (QED) is 0.369. The first-order valence-corrected chi connectivity index (χ1v) is 15.7. The molecule has 5 heterocycles. The number of morpholine rings is 1. The summed E-state index contributed by atoms with van der Waals surface area (Å²) in [4.78, 5) is 26.3. The van der Waals surface area contributed by atoms with Crippen LogP contribution in [0.5, 0.6) is 5.75 Å². The SMILES string of the molecule is C#CCCN(C)C/C=C/C(=O)N1CC(N2CCC(c3ccc4c(c3)Nc3nccc(N5CCOCC5)c3C(C)O4)CC2)C1. The van der Waals surface area contributed by atoms with Crippen LogP contribution in [0.4, 0.5) is 17.2 Å². The number of rotatable bonds is 8. The number of ether oxygens (including phenoxy) is 2. The van der Waals surface area contributed by atoms with Gasteiger partial charge in [0.2, 0.25) is 5.91 Å². The van der Waals surface area contributed by atoms with Crippen LogP contribution in [0.3, 0.4) is 0 Å². The highest BCUT2D eigenvalue weighted by Crippen LogP contribution is 2.43. The number of pyridine rings is 1.